The summed E-state index contributed by atoms with van der Waals surface area (Å²) in [5.74, 6) is 0.0118. The molecule has 5 N–H and O–H groups in total. The van der Waals surface area contributed by atoms with Gasteiger partial charge in [0.05, 0.1) is 6.04 Å². The van der Waals surface area contributed by atoms with Crippen LogP contribution >= 0.6 is 0 Å². The molecule has 1 unspecified atom stereocenters. The van der Waals surface area contributed by atoms with E-state index in [2.05, 4.69) is 16.0 Å². The van der Waals surface area contributed by atoms with Crippen molar-refractivity contribution in [2.75, 3.05) is 18.4 Å². The average Bonchev–Trinajstić information content (AvgIpc) is 2.39. The van der Waals surface area contributed by atoms with Crippen molar-refractivity contribution in [1.82, 2.24) is 10.6 Å². The second kappa shape index (κ2) is 8.16. The highest BCUT2D eigenvalue weighted by atomic mass is 16.2. The maximum atomic E-state index is 11.7. The lowest BCUT2D eigenvalue weighted by Gasteiger charge is -2.15. The Hall–Kier alpha value is -2.08. The largest absolute Gasteiger partial charge is 0.351 e. The van der Waals surface area contributed by atoms with Crippen molar-refractivity contribution < 1.29 is 9.59 Å². The van der Waals surface area contributed by atoms with Crippen molar-refractivity contribution in [3.63, 3.8) is 0 Å². The van der Waals surface area contributed by atoms with Crippen molar-refractivity contribution in [1.29, 1.82) is 0 Å². The Kier molecular flexibility index (Phi) is 6.52. The highest BCUT2D eigenvalue weighted by Crippen LogP contribution is 2.16. The number of anilines is 1. The summed E-state index contributed by atoms with van der Waals surface area (Å²) in [4.78, 5) is 22.4. The van der Waals surface area contributed by atoms with E-state index in [1.165, 1.54) is 0 Å². The van der Waals surface area contributed by atoms with Gasteiger partial charge in [0.25, 0.3) is 0 Å². The molecule has 6 nitrogen and oxygen atoms in total. The number of carbonyl (C=O) groups is 2. The fraction of sp³-hybridized carbons (Fsp3) is 0.429. The van der Waals surface area contributed by atoms with Crippen LogP contribution in [0.25, 0.3) is 0 Å². The molecule has 0 aliphatic heterocycles. The van der Waals surface area contributed by atoms with Gasteiger partial charge in [-0.2, -0.15) is 0 Å². The van der Waals surface area contributed by atoms with E-state index in [0.29, 0.717) is 18.7 Å². The molecule has 0 aliphatic carbocycles. The SMILES string of the molecule is CCNCCC(=O)NC(C)c1ccc(NC(N)=O)cc1. The van der Waals surface area contributed by atoms with Gasteiger partial charge in [0.2, 0.25) is 5.91 Å². The predicted octanol–water partition coefficient (Wildman–Crippen LogP) is 1.35. The van der Waals surface area contributed by atoms with Crippen molar-refractivity contribution in [3.05, 3.63) is 29.8 Å². The quantitative estimate of drug-likeness (QED) is 0.567. The van der Waals surface area contributed by atoms with Crippen molar-refractivity contribution in [2.45, 2.75) is 26.3 Å². The van der Waals surface area contributed by atoms with Crippen LogP contribution in [0.3, 0.4) is 0 Å². The van der Waals surface area contributed by atoms with Gasteiger partial charge in [0.15, 0.2) is 0 Å². The van der Waals surface area contributed by atoms with Crippen LogP contribution in [0.15, 0.2) is 24.3 Å². The minimum absolute atomic E-state index is 0.0118. The normalized spacial score (nSPS) is 11.7. The minimum atomic E-state index is -0.595. The maximum absolute atomic E-state index is 11.7. The zero-order valence-corrected chi connectivity index (χ0v) is 11.9. The molecule has 0 aliphatic rings. The van der Waals surface area contributed by atoms with Gasteiger partial charge < -0.3 is 21.7 Å². The third kappa shape index (κ3) is 5.71. The Balaban J connectivity index is 2.48. The number of carbonyl (C=O) groups excluding carboxylic acids is 2. The second-order valence-electron chi connectivity index (χ2n) is 4.50. The summed E-state index contributed by atoms with van der Waals surface area (Å²) in [6.45, 7) is 5.46. The number of nitrogens with one attached hydrogen (secondary N) is 3. The van der Waals surface area contributed by atoms with E-state index in [0.717, 1.165) is 12.1 Å². The molecule has 1 aromatic carbocycles. The van der Waals surface area contributed by atoms with Crippen LogP contribution in [-0.2, 0) is 4.79 Å². The molecule has 0 heterocycles. The molecule has 0 radical (unpaired) electrons. The third-order valence-electron chi connectivity index (χ3n) is 2.83. The predicted molar refractivity (Wildman–Crippen MR) is 79.4 cm³/mol. The third-order valence-corrected chi connectivity index (χ3v) is 2.83. The van der Waals surface area contributed by atoms with Crippen molar-refractivity contribution in [2.24, 2.45) is 5.73 Å². The topological polar surface area (TPSA) is 96.2 Å². The van der Waals surface area contributed by atoms with Crippen molar-refractivity contribution in [3.8, 4) is 0 Å². The van der Waals surface area contributed by atoms with Crippen LogP contribution in [0.5, 0.6) is 0 Å². The van der Waals surface area contributed by atoms with E-state index in [4.69, 9.17) is 5.73 Å². The molecule has 0 saturated carbocycles. The molecule has 0 saturated heterocycles. The Morgan fingerprint density at radius 2 is 1.90 bits per heavy atom. The lowest BCUT2D eigenvalue weighted by Crippen LogP contribution is -2.29. The van der Waals surface area contributed by atoms with E-state index in [1.807, 2.05) is 26.0 Å². The van der Waals surface area contributed by atoms with E-state index in [-0.39, 0.29) is 11.9 Å². The summed E-state index contributed by atoms with van der Waals surface area (Å²) in [7, 11) is 0. The molecule has 6 heteroatoms. The van der Waals surface area contributed by atoms with Gasteiger partial charge >= 0.3 is 6.03 Å². The van der Waals surface area contributed by atoms with Gasteiger partial charge in [-0.15, -0.1) is 0 Å². The van der Waals surface area contributed by atoms with Gasteiger partial charge in [-0.3, -0.25) is 4.79 Å². The summed E-state index contributed by atoms with van der Waals surface area (Å²) >= 11 is 0. The van der Waals surface area contributed by atoms with Gasteiger partial charge in [-0.1, -0.05) is 19.1 Å². The van der Waals surface area contributed by atoms with E-state index in [1.54, 1.807) is 12.1 Å². The number of primary amides is 1. The molecule has 0 fully saturated rings. The zero-order chi connectivity index (χ0) is 15.0. The Morgan fingerprint density at radius 1 is 1.25 bits per heavy atom. The summed E-state index contributed by atoms with van der Waals surface area (Å²) in [5, 5.41) is 8.52. The number of amides is 3. The van der Waals surface area contributed by atoms with E-state index >= 15 is 0 Å². The number of hydrogen-bond donors (Lipinski definition) is 4. The molecule has 0 bridgehead atoms. The van der Waals surface area contributed by atoms with Crippen LogP contribution in [0.4, 0.5) is 10.5 Å². The van der Waals surface area contributed by atoms with Gasteiger partial charge in [0.1, 0.15) is 0 Å². The van der Waals surface area contributed by atoms with E-state index in [9.17, 15) is 9.59 Å². The van der Waals surface area contributed by atoms with Crippen LogP contribution in [0, 0.1) is 0 Å². The van der Waals surface area contributed by atoms with Gasteiger partial charge in [0, 0.05) is 18.7 Å². The standard InChI is InChI=1S/C14H22N4O2/c1-3-16-9-8-13(19)17-10(2)11-4-6-12(7-5-11)18-14(15)20/h4-7,10,16H,3,8-9H2,1-2H3,(H,17,19)(H3,15,18,20). The summed E-state index contributed by atoms with van der Waals surface area (Å²) in [5.41, 5.74) is 6.63. The molecule has 1 atom stereocenters. The van der Waals surface area contributed by atoms with Crippen LogP contribution in [0.2, 0.25) is 0 Å². The number of rotatable bonds is 7. The van der Waals surface area contributed by atoms with Gasteiger partial charge in [-0.05, 0) is 31.2 Å². The van der Waals surface area contributed by atoms with Crippen LogP contribution < -0.4 is 21.7 Å². The van der Waals surface area contributed by atoms with Crippen LogP contribution in [-0.4, -0.2) is 25.0 Å². The van der Waals surface area contributed by atoms with E-state index < -0.39 is 6.03 Å². The van der Waals surface area contributed by atoms with Gasteiger partial charge in [-0.25, -0.2) is 4.79 Å². The molecule has 0 spiro atoms. The van der Waals surface area contributed by atoms with Crippen LogP contribution in [0.1, 0.15) is 31.9 Å². The summed E-state index contributed by atoms with van der Waals surface area (Å²) in [6.07, 6.45) is 0.458. The van der Waals surface area contributed by atoms with Crippen molar-refractivity contribution >= 4 is 17.6 Å². The maximum Gasteiger partial charge on any atom is 0.316 e. The average molecular weight is 278 g/mol. The summed E-state index contributed by atoms with van der Waals surface area (Å²) in [6, 6.07) is 6.53. The Labute approximate surface area is 119 Å². The summed E-state index contributed by atoms with van der Waals surface area (Å²) < 4.78 is 0. The molecule has 3 amide bonds. The molecule has 110 valence electrons. The number of urea groups is 1. The molecule has 20 heavy (non-hydrogen) atoms. The molecular weight excluding hydrogens is 256 g/mol. The zero-order valence-electron chi connectivity index (χ0n) is 11.9. The second-order valence-corrected chi connectivity index (χ2v) is 4.50. The molecule has 0 aromatic heterocycles. The lowest BCUT2D eigenvalue weighted by molar-refractivity contribution is -0.121. The highest BCUT2D eigenvalue weighted by Gasteiger charge is 2.09. The fourth-order valence-corrected chi connectivity index (χ4v) is 1.77. The highest BCUT2D eigenvalue weighted by molar-refractivity contribution is 5.87. The fourth-order valence-electron chi connectivity index (χ4n) is 1.77. The Bertz CT molecular complexity index is 445. The molecule has 1 aromatic rings. The minimum Gasteiger partial charge on any atom is -0.351 e. The molecule has 1 rings (SSSR count). The smallest absolute Gasteiger partial charge is 0.316 e. The number of benzene rings is 1. The first kappa shape index (κ1) is 16.0. The number of nitrogens with two attached hydrogens (primary N) is 1. The Morgan fingerprint density at radius 3 is 2.45 bits per heavy atom. The first-order valence-corrected chi connectivity index (χ1v) is 6.69. The lowest BCUT2D eigenvalue weighted by atomic mass is 10.1. The number of hydrogen-bond acceptors (Lipinski definition) is 3. The monoisotopic (exact) mass is 278 g/mol. The molecular formula is C14H22N4O2. The first-order chi connectivity index (χ1) is 9.52. The first-order valence-electron chi connectivity index (χ1n) is 6.69.